The van der Waals surface area contributed by atoms with E-state index in [4.69, 9.17) is 0 Å². The summed E-state index contributed by atoms with van der Waals surface area (Å²) in [5.41, 5.74) is 0. The van der Waals surface area contributed by atoms with Crippen molar-refractivity contribution < 1.29 is 30.3 Å². The second-order valence-electron chi connectivity index (χ2n) is 0. The molecule has 0 rings (SSSR count). The van der Waals surface area contributed by atoms with E-state index < -0.39 is 0 Å². The Kier molecular flexibility index (Phi) is 497. The Morgan fingerprint density at radius 1 is 0.750 bits per heavy atom. The zero-order valence-electron chi connectivity index (χ0n) is 1.83. The van der Waals surface area contributed by atoms with Crippen LogP contribution in [0, 0.1) is 0 Å². The fourth-order valence-corrected chi connectivity index (χ4v) is 0. The van der Waals surface area contributed by atoms with Gasteiger partial charge in [0.1, 0.15) is 0 Å². The maximum atomic E-state index is 0. The van der Waals surface area contributed by atoms with Gasteiger partial charge in [-0.25, -0.2) is 0 Å². The molecule has 0 aliphatic heterocycles. The van der Waals surface area contributed by atoms with Gasteiger partial charge in [0.15, 0.2) is 0 Å². The first-order valence-corrected chi connectivity index (χ1v) is 0. The first-order chi connectivity index (χ1) is 0. The number of hydrogen-bond donors (Lipinski definition) is 0. The van der Waals surface area contributed by atoms with Gasteiger partial charge in [0, 0.05) is 19.8 Å². The molecule has 2 N–H and O–H groups in total. The van der Waals surface area contributed by atoms with Crippen molar-refractivity contribution in [2.45, 2.75) is 0 Å². The molecule has 0 saturated carbocycles. The maximum Gasteiger partial charge on any atom is 0 e. The molecular weight excluding hydrogens is 157 g/mol. The molecule has 0 heterocycles. The van der Waals surface area contributed by atoms with Gasteiger partial charge in [-0.3, -0.25) is 0 Å². The van der Waals surface area contributed by atoms with Crippen molar-refractivity contribution in [1.29, 1.82) is 0 Å². The third-order valence-electron chi connectivity index (χ3n) is 0. The van der Waals surface area contributed by atoms with Crippen molar-refractivity contribution in [1.82, 2.24) is 0 Å². The summed E-state index contributed by atoms with van der Waals surface area (Å²) in [5, 5.41) is 0. The zero-order valence-corrected chi connectivity index (χ0v) is 5.77. The zero-order chi connectivity index (χ0) is 0. The van der Waals surface area contributed by atoms with E-state index in [1.165, 1.54) is 0 Å². The van der Waals surface area contributed by atoms with Crippen LogP contribution in [-0.2, 0) is 0 Å². The van der Waals surface area contributed by atoms with Crippen LogP contribution in [0.1, 0.15) is 0 Å². The molecule has 0 amide bonds. The minimum atomic E-state index is 0. The Labute approximate surface area is 50.3 Å². The van der Waals surface area contributed by atoms with Gasteiger partial charge in [0.25, 0.3) is 0 Å². The maximum absolute atomic E-state index is 0. The fourth-order valence-electron chi connectivity index (χ4n) is 0. The minimum Gasteiger partial charge on any atom is -1.00 e. The predicted molar refractivity (Wildman–Crippen MR) is 9.37 cm³/mol. The van der Waals surface area contributed by atoms with Crippen LogP contribution in [0.5, 0.6) is 0 Å². The van der Waals surface area contributed by atoms with E-state index in [1.807, 2.05) is 0 Å². The summed E-state index contributed by atoms with van der Waals surface area (Å²) < 4.78 is 0. The Morgan fingerprint density at radius 2 is 0.750 bits per heavy atom. The van der Waals surface area contributed by atoms with Crippen molar-refractivity contribution in [2.75, 3.05) is 0 Å². The summed E-state index contributed by atoms with van der Waals surface area (Å²) in [5.74, 6) is 0. The summed E-state index contributed by atoms with van der Waals surface area (Å²) in [6.07, 6.45) is 0. The van der Waals surface area contributed by atoms with E-state index in [9.17, 15) is 0 Å². The smallest absolute Gasteiger partial charge is 0 e. The third-order valence-corrected chi connectivity index (χ3v) is 0. The Bertz CT molecular complexity index is 6.00. The van der Waals surface area contributed by atoms with E-state index in [2.05, 4.69) is 0 Å². The quantitative estimate of drug-likeness (QED) is 0.314. The van der Waals surface area contributed by atoms with Crippen molar-refractivity contribution in [3.05, 3.63) is 0 Å². The molecule has 0 spiro atoms. The average molecular weight is 159 g/mol. The molecule has 0 aliphatic rings. The van der Waals surface area contributed by atoms with Crippen molar-refractivity contribution in [3.63, 3.8) is 0 Å². The van der Waals surface area contributed by atoms with E-state index in [0.717, 1.165) is 0 Å². The predicted octanol–water partition coefficient (Wildman–Crippen LogP) is -7.20. The molecule has 1 nitrogen and oxygen atoms in total. The minimum absolute atomic E-state index is 0. The topological polar surface area (TPSA) is 31.5 Å². The molecule has 3 radical (unpaired) electrons. The summed E-state index contributed by atoms with van der Waals surface area (Å²) in [6, 6.07) is 0. The van der Waals surface area contributed by atoms with Crippen LogP contribution in [0.4, 0.5) is 0 Å². The Balaban J connectivity index is 0. The van der Waals surface area contributed by atoms with E-state index in [0.29, 0.717) is 0 Å². The molecule has 0 unspecified atom stereocenters. The van der Waals surface area contributed by atoms with Gasteiger partial charge in [-0.15, -0.1) is 0 Å². The monoisotopic (exact) mass is 157 g/mol. The molecule has 27 valence electrons. The van der Waals surface area contributed by atoms with Gasteiger partial charge in [-0.2, -0.15) is 0 Å². The first kappa shape index (κ1) is 65.2. The van der Waals surface area contributed by atoms with Gasteiger partial charge < -0.3 is 30.3 Å². The molecule has 0 saturated heterocycles. The van der Waals surface area contributed by atoms with E-state index in [1.54, 1.807) is 0 Å². The van der Waals surface area contributed by atoms with Crippen LogP contribution < -0.4 is 24.8 Å². The van der Waals surface area contributed by atoms with Crippen LogP contribution in [0.2, 0.25) is 0 Å². The van der Waals surface area contributed by atoms with Gasteiger partial charge in [-0.1, -0.05) is 0 Å². The molecule has 4 heavy (non-hydrogen) atoms. The van der Waals surface area contributed by atoms with Crippen LogP contribution in [-0.4, -0.2) is 25.3 Å². The summed E-state index contributed by atoms with van der Waals surface area (Å²) in [6.45, 7) is 0. The Morgan fingerprint density at radius 3 is 0.750 bits per heavy atom. The average Bonchev–Trinajstić information content (AvgIpc) is 0. The molecular formula is H2Cl2GaO-2. The van der Waals surface area contributed by atoms with Crippen molar-refractivity contribution >= 4 is 19.8 Å². The molecule has 0 aromatic heterocycles. The van der Waals surface area contributed by atoms with Crippen molar-refractivity contribution in [3.8, 4) is 0 Å². The van der Waals surface area contributed by atoms with Crippen LogP contribution in [0.25, 0.3) is 0 Å². The van der Waals surface area contributed by atoms with Crippen molar-refractivity contribution in [2.24, 2.45) is 0 Å². The molecule has 0 atom stereocenters. The second-order valence-corrected chi connectivity index (χ2v) is 0. The molecule has 0 aromatic rings. The molecule has 0 aliphatic carbocycles. The standard InChI is InChI=1S/2ClH.Ga.H2O/h2*1H;;1H2/p-2. The van der Waals surface area contributed by atoms with Gasteiger partial charge in [0.2, 0.25) is 0 Å². The number of hydrogen-bond acceptors (Lipinski definition) is 0. The molecule has 0 fully saturated rings. The largest absolute Gasteiger partial charge is 1.00 e. The normalized spacial score (nSPS) is 0. The van der Waals surface area contributed by atoms with E-state index >= 15 is 0 Å². The van der Waals surface area contributed by atoms with E-state index in [-0.39, 0.29) is 50.1 Å². The van der Waals surface area contributed by atoms with Gasteiger partial charge in [-0.05, 0) is 0 Å². The van der Waals surface area contributed by atoms with Gasteiger partial charge in [0.05, 0.1) is 0 Å². The summed E-state index contributed by atoms with van der Waals surface area (Å²) in [4.78, 5) is 0. The SMILES string of the molecule is O.[Cl-].[Cl-].[Ga]. The summed E-state index contributed by atoms with van der Waals surface area (Å²) >= 11 is 0. The number of rotatable bonds is 0. The van der Waals surface area contributed by atoms with Crippen LogP contribution in [0.15, 0.2) is 0 Å². The first-order valence-electron chi connectivity index (χ1n) is 0. The Hall–Kier alpha value is 1.18. The van der Waals surface area contributed by atoms with Gasteiger partial charge >= 0.3 is 0 Å². The molecule has 0 bridgehead atoms. The molecule has 0 aromatic carbocycles. The van der Waals surface area contributed by atoms with Crippen LogP contribution in [0.3, 0.4) is 0 Å². The van der Waals surface area contributed by atoms with Crippen LogP contribution >= 0.6 is 0 Å². The molecule has 4 heteroatoms. The number of halogens is 2. The fraction of sp³-hybridized carbons (Fsp3) is 0. The third kappa shape index (κ3) is 10.9. The second kappa shape index (κ2) is 30.4. The summed E-state index contributed by atoms with van der Waals surface area (Å²) in [7, 11) is 0.